The van der Waals surface area contributed by atoms with Gasteiger partial charge in [-0.2, -0.15) is 4.37 Å². The summed E-state index contributed by atoms with van der Waals surface area (Å²) in [6.45, 7) is 1.09. The molecule has 5 N–H and O–H groups in total. The molecule has 0 spiro atoms. The summed E-state index contributed by atoms with van der Waals surface area (Å²) in [5.74, 6) is -1.73. The van der Waals surface area contributed by atoms with Crippen molar-refractivity contribution in [3.8, 4) is 0 Å². The van der Waals surface area contributed by atoms with E-state index in [9.17, 15) is 14.4 Å². The number of benzene rings is 2. The molecule has 10 nitrogen and oxygen atoms in total. The third kappa shape index (κ3) is 5.74. The fourth-order valence-electron chi connectivity index (χ4n) is 4.67. The smallest absolute Gasteiger partial charge is 0.270 e. The Morgan fingerprint density at radius 1 is 1.13 bits per heavy atom. The van der Waals surface area contributed by atoms with E-state index in [1.807, 2.05) is 54.6 Å². The predicted octanol–water partition coefficient (Wildman–Crippen LogP) is 3.05. The van der Waals surface area contributed by atoms with E-state index in [-0.39, 0.29) is 34.8 Å². The van der Waals surface area contributed by atoms with Crippen LogP contribution in [0.5, 0.6) is 0 Å². The maximum absolute atomic E-state index is 14.1. The van der Waals surface area contributed by atoms with Crippen LogP contribution in [0.4, 0.5) is 5.69 Å². The number of nitrogen functional groups attached to an aromatic ring is 1. The summed E-state index contributed by atoms with van der Waals surface area (Å²) in [5, 5.41) is 3.82. The number of aromatic nitrogens is 2. The van der Waals surface area contributed by atoms with E-state index in [2.05, 4.69) is 14.7 Å². The van der Waals surface area contributed by atoms with Crippen LogP contribution in [-0.4, -0.2) is 51.2 Å². The Morgan fingerprint density at radius 3 is 2.67 bits per heavy atom. The van der Waals surface area contributed by atoms with Gasteiger partial charge in [0.2, 0.25) is 5.91 Å². The van der Waals surface area contributed by atoms with Gasteiger partial charge in [0, 0.05) is 31.3 Å². The molecule has 1 aliphatic rings. The first-order valence-corrected chi connectivity index (χ1v) is 13.3. The Hall–Kier alpha value is -4.35. The number of ether oxygens (including phenoxy) is 1. The van der Waals surface area contributed by atoms with Crippen molar-refractivity contribution in [2.45, 2.75) is 31.5 Å². The van der Waals surface area contributed by atoms with Gasteiger partial charge in [0.1, 0.15) is 10.9 Å². The molecule has 2 atom stereocenters. The number of nitrogens with zero attached hydrogens (tertiary/aromatic N) is 3. The highest BCUT2D eigenvalue weighted by atomic mass is 32.1. The quantitative estimate of drug-likeness (QED) is 0.293. The van der Waals surface area contributed by atoms with E-state index in [4.69, 9.17) is 16.2 Å². The minimum absolute atomic E-state index is 0.0408. The molecule has 4 aromatic rings. The van der Waals surface area contributed by atoms with Gasteiger partial charge in [-0.15, -0.1) is 0 Å². The van der Waals surface area contributed by atoms with Crippen molar-refractivity contribution in [1.29, 1.82) is 0 Å². The minimum atomic E-state index is -1.03. The number of nitrogens with two attached hydrogens (primary N) is 2. The van der Waals surface area contributed by atoms with Gasteiger partial charge in [-0.3, -0.25) is 19.4 Å². The maximum atomic E-state index is 14.1. The van der Waals surface area contributed by atoms with Crippen molar-refractivity contribution in [1.82, 2.24) is 19.6 Å². The number of pyridine rings is 1. The van der Waals surface area contributed by atoms with E-state index in [1.165, 1.54) is 4.90 Å². The average molecular weight is 545 g/mol. The first-order valence-electron chi connectivity index (χ1n) is 12.6. The zero-order valence-electron chi connectivity index (χ0n) is 21.1. The number of anilines is 1. The summed E-state index contributed by atoms with van der Waals surface area (Å²) < 4.78 is 9.69. The van der Waals surface area contributed by atoms with E-state index in [0.29, 0.717) is 18.7 Å². The number of fused-ring (bicyclic) bond motifs is 1. The molecule has 11 heteroatoms. The van der Waals surface area contributed by atoms with Crippen molar-refractivity contribution < 1.29 is 19.1 Å². The second-order valence-electron chi connectivity index (χ2n) is 9.30. The zero-order valence-corrected chi connectivity index (χ0v) is 21.9. The second-order valence-corrected chi connectivity index (χ2v) is 10.1. The lowest BCUT2D eigenvalue weighted by Crippen LogP contribution is -2.45. The Morgan fingerprint density at radius 2 is 1.95 bits per heavy atom. The fourth-order valence-corrected chi connectivity index (χ4v) is 5.43. The van der Waals surface area contributed by atoms with E-state index in [1.54, 1.807) is 12.3 Å². The zero-order chi connectivity index (χ0) is 27.4. The van der Waals surface area contributed by atoms with Crippen LogP contribution in [0.25, 0.3) is 10.9 Å². The third-order valence-electron chi connectivity index (χ3n) is 6.64. The molecule has 0 aliphatic carbocycles. The standard InChI is InChI=1S/C28H28N6O4S/c29-22-23(26(30)35)33-39-25(22)28(37)34(16-17-6-2-1-3-7-17)24(27(36)32-15-20-9-5-13-38-20)19-10-11-21-18(14-19)8-4-12-31-21/h1-4,6-8,10-12,14,20,24H,5,9,13,15-16,29H2,(H2,30,35)(H,32,36). The summed E-state index contributed by atoms with van der Waals surface area (Å²) in [7, 11) is 0. The minimum Gasteiger partial charge on any atom is -0.395 e. The molecule has 2 aromatic carbocycles. The highest BCUT2D eigenvalue weighted by molar-refractivity contribution is 7.09. The Kier molecular flexibility index (Phi) is 7.80. The number of amides is 3. The van der Waals surface area contributed by atoms with Crippen LogP contribution in [0.1, 0.15) is 50.2 Å². The molecule has 1 fully saturated rings. The summed E-state index contributed by atoms with van der Waals surface area (Å²) >= 11 is 0.783. The summed E-state index contributed by atoms with van der Waals surface area (Å²) in [6.07, 6.45) is 3.41. The topological polar surface area (TPSA) is 154 Å². The monoisotopic (exact) mass is 544 g/mol. The van der Waals surface area contributed by atoms with Crippen LogP contribution in [0.15, 0.2) is 66.9 Å². The Bertz CT molecular complexity index is 1500. The fraction of sp³-hybridized carbons (Fsp3) is 0.250. The lowest BCUT2D eigenvalue weighted by molar-refractivity contribution is -0.126. The van der Waals surface area contributed by atoms with Crippen molar-refractivity contribution in [2.75, 3.05) is 18.9 Å². The number of rotatable bonds is 9. The van der Waals surface area contributed by atoms with Gasteiger partial charge in [0.05, 0.1) is 17.3 Å². The molecule has 39 heavy (non-hydrogen) atoms. The van der Waals surface area contributed by atoms with E-state index >= 15 is 0 Å². The van der Waals surface area contributed by atoms with Gasteiger partial charge < -0.3 is 26.4 Å². The molecule has 1 aliphatic heterocycles. The number of hydrogen-bond acceptors (Lipinski definition) is 8. The van der Waals surface area contributed by atoms with Crippen LogP contribution < -0.4 is 16.8 Å². The molecular formula is C28H28N6O4S. The largest absolute Gasteiger partial charge is 0.395 e. The summed E-state index contributed by atoms with van der Waals surface area (Å²) in [6, 6.07) is 17.5. The van der Waals surface area contributed by atoms with Gasteiger partial charge in [-0.1, -0.05) is 42.5 Å². The van der Waals surface area contributed by atoms with Gasteiger partial charge in [-0.05, 0) is 53.7 Å². The molecule has 5 rings (SSSR count). The van der Waals surface area contributed by atoms with Crippen LogP contribution in [0, 0.1) is 0 Å². The number of hydrogen-bond donors (Lipinski definition) is 3. The predicted molar refractivity (Wildman–Crippen MR) is 148 cm³/mol. The first kappa shape index (κ1) is 26.3. The summed E-state index contributed by atoms with van der Waals surface area (Å²) in [5.41, 5.74) is 13.4. The van der Waals surface area contributed by atoms with Gasteiger partial charge >= 0.3 is 0 Å². The van der Waals surface area contributed by atoms with Gasteiger partial charge in [-0.25, -0.2) is 0 Å². The van der Waals surface area contributed by atoms with Crippen molar-refractivity contribution >= 4 is 45.8 Å². The molecule has 0 radical (unpaired) electrons. The van der Waals surface area contributed by atoms with E-state index in [0.717, 1.165) is 40.8 Å². The normalized spacial score (nSPS) is 15.6. The van der Waals surface area contributed by atoms with Gasteiger partial charge in [0.15, 0.2) is 5.69 Å². The molecule has 3 heterocycles. The lowest BCUT2D eigenvalue weighted by Gasteiger charge is -2.32. The molecular weight excluding hydrogens is 516 g/mol. The SMILES string of the molecule is NC(=O)c1nsc(C(=O)N(Cc2ccccc2)C(C(=O)NCC2CCCO2)c2ccc3ncccc3c2)c1N. The van der Waals surface area contributed by atoms with Crippen LogP contribution in [0.3, 0.4) is 0 Å². The molecule has 3 amide bonds. The summed E-state index contributed by atoms with van der Waals surface area (Å²) in [4.78, 5) is 45.7. The Balaban J connectivity index is 1.59. The van der Waals surface area contributed by atoms with Crippen LogP contribution >= 0.6 is 11.5 Å². The average Bonchev–Trinajstić information content (AvgIpc) is 3.61. The second kappa shape index (κ2) is 11.6. The number of primary amides is 1. The molecule has 0 bridgehead atoms. The number of nitrogens with one attached hydrogen (secondary N) is 1. The maximum Gasteiger partial charge on any atom is 0.270 e. The highest BCUT2D eigenvalue weighted by Crippen LogP contribution is 2.31. The molecule has 2 unspecified atom stereocenters. The van der Waals surface area contributed by atoms with Crippen LogP contribution in [0.2, 0.25) is 0 Å². The van der Waals surface area contributed by atoms with Crippen molar-refractivity contribution in [3.63, 3.8) is 0 Å². The molecule has 200 valence electrons. The van der Waals surface area contributed by atoms with Gasteiger partial charge in [0.25, 0.3) is 11.8 Å². The number of carbonyl (C=O) groups excluding carboxylic acids is 3. The molecule has 1 saturated heterocycles. The molecule has 2 aromatic heterocycles. The third-order valence-corrected chi connectivity index (χ3v) is 7.49. The van der Waals surface area contributed by atoms with Crippen molar-refractivity contribution in [2.24, 2.45) is 5.73 Å². The Labute approximate surface area is 229 Å². The van der Waals surface area contributed by atoms with E-state index < -0.39 is 17.9 Å². The highest BCUT2D eigenvalue weighted by Gasteiger charge is 2.35. The first-order chi connectivity index (χ1) is 18.9. The van der Waals surface area contributed by atoms with Crippen LogP contribution in [-0.2, 0) is 16.1 Å². The lowest BCUT2D eigenvalue weighted by atomic mass is 10.00. The number of carbonyl (C=O) groups is 3. The molecule has 0 saturated carbocycles. The van der Waals surface area contributed by atoms with Crippen molar-refractivity contribution in [3.05, 3.63) is 88.6 Å².